The molecular formula is C24H28FN3O5S. The number of furan rings is 1. The van der Waals surface area contributed by atoms with Crippen molar-refractivity contribution in [3.63, 3.8) is 0 Å². The van der Waals surface area contributed by atoms with Crippen molar-refractivity contribution in [2.75, 3.05) is 51.8 Å². The molecule has 1 fully saturated rings. The molecule has 2 aromatic carbocycles. The zero-order valence-electron chi connectivity index (χ0n) is 19.1. The van der Waals surface area contributed by atoms with E-state index in [-0.39, 0.29) is 23.2 Å². The molecule has 1 saturated heterocycles. The van der Waals surface area contributed by atoms with Crippen molar-refractivity contribution >= 4 is 15.7 Å². The van der Waals surface area contributed by atoms with Crippen LogP contribution in [0, 0.1) is 5.82 Å². The summed E-state index contributed by atoms with van der Waals surface area (Å²) in [5.74, 6) is 0.893. The molecule has 1 atom stereocenters. The molecule has 0 spiro atoms. The largest absolute Gasteiger partial charge is 0.497 e. The fourth-order valence-corrected chi connectivity index (χ4v) is 5.32. The quantitative estimate of drug-likeness (QED) is 0.494. The monoisotopic (exact) mass is 489 g/mol. The van der Waals surface area contributed by atoms with Crippen LogP contribution in [0.4, 0.5) is 10.1 Å². The predicted molar refractivity (Wildman–Crippen MR) is 126 cm³/mol. The van der Waals surface area contributed by atoms with E-state index in [1.54, 1.807) is 19.4 Å². The van der Waals surface area contributed by atoms with E-state index in [0.717, 1.165) is 36.7 Å². The SMILES string of the molecule is COc1ccc(N2CCN(C(CNS(=O)(=O)c3cc(F)ccc3OC)c3ccco3)CC2)cc1. The van der Waals surface area contributed by atoms with E-state index in [2.05, 4.69) is 14.5 Å². The molecule has 1 aromatic heterocycles. The molecular weight excluding hydrogens is 461 g/mol. The summed E-state index contributed by atoms with van der Waals surface area (Å²) in [6, 6.07) is 14.6. The summed E-state index contributed by atoms with van der Waals surface area (Å²) in [5, 5.41) is 0. The van der Waals surface area contributed by atoms with Crippen LogP contribution in [0.3, 0.4) is 0 Å². The average Bonchev–Trinajstić information content (AvgIpc) is 3.39. The highest BCUT2D eigenvalue weighted by Crippen LogP contribution is 2.28. The molecule has 0 saturated carbocycles. The maximum Gasteiger partial charge on any atom is 0.244 e. The van der Waals surface area contributed by atoms with E-state index in [0.29, 0.717) is 18.8 Å². The van der Waals surface area contributed by atoms with Crippen LogP contribution in [-0.4, -0.2) is 60.3 Å². The Balaban J connectivity index is 1.47. The molecule has 1 aliphatic heterocycles. The molecule has 10 heteroatoms. The number of piperazine rings is 1. The van der Waals surface area contributed by atoms with Gasteiger partial charge < -0.3 is 18.8 Å². The number of hydrogen-bond donors (Lipinski definition) is 1. The summed E-state index contributed by atoms with van der Waals surface area (Å²) in [6.07, 6.45) is 1.57. The van der Waals surface area contributed by atoms with Crippen LogP contribution in [0.2, 0.25) is 0 Å². The molecule has 2 heterocycles. The van der Waals surface area contributed by atoms with Gasteiger partial charge in [-0.05, 0) is 54.6 Å². The van der Waals surface area contributed by atoms with Gasteiger partial charge in [-0.25, -0.2) is 17.5 Å². The van der Waals surface area contributed by atoms with Gasteiger partial charge in [-0.1, -0.05) is 0 Å². The Morgan fingerprint density at radius 2 is 1.76 bits per heavy atom. The molecule has 182 valence electrons. The van der Waals surface area contributed by atoms with Crippen molar-refractivity contribution in [2.24, 2.45) is 0 Å². The van der Waals surface area contributed by atoms with Gasteiger partial charge in [0.05, 0.1) is 26.5 Å². The molecule has 0 aliphatic carbocycles. The van der Waals surface area contributed by atoms with Crippen LogP contribution >= 0.6 is 0 Å². The second-order valence-electron chi connectivity index (χ2n) is 7.90. The first-order chi connectivity index (χ1) is 16.4. The number of sulfonamides is 1. The summed E-state index contributed by atoms with van der Waals surface area (Å²) >= 11 is 0. The van der Waals surface area contributed by atoms with Crippen LogP contribution in [0.15, 0.2) is 70.2 Å². The summed E-state index contributed by atoms with van der Waals surface area (Å²) in [5.41, 5.74) is 1.11. The Labute approximate surface area is 198 Å². The van der Waals surface area contributed by atoms with Crippen molar-refractivity contribution in [3.8, 4) is 11.5 Å². The summed E-state index contributed by atoms with van der Waals surface area (Å²) in [4.78, 5) is 4.22. The topological polar surface area (TPSA) is 84.2 Å². The van der Waals surface area contributed by atoms with E-state index < -0.39 is 15.8 Å². The minimum atomic E-state index is -4.02. The van der Waals surface area contributed by atoms with Gasteiger partial charge in [0.1, 0.15) is 28.0 Å². The van der Waals surface area contributed by atoms with Gasteiger partial charge >= 0.3 is 0 Å². The molecule has 34 heavy (non-hydrogen) atoms. The van der Waals surface area contributed by atoms with Crippen LogP contribution < -0.4 is 19.1 Å². The lowest BCUT2D eigenvalue weighted by Gasteiger charge is -2.39. The van der Waals surface area contributed by atoms with Crippen molar-refractivity contribution in [1.82, 2.24) is 9.62 Å². The number of ether oxygens (including phenoxy) is 2. The average molecular weight is 490 g/mol. The van der Waals surface area contributed by atoms with E-state index in [9.17, 15) is 12.8 Å². The lowest BCUT2D eigenvalue weighted by atomic mass is 10.1. The Bertz CT molecular complexity index is 1180. The van der Waals surface area contributed by atoms with Crippen molar-refractivity contribution in [1.29, 1.82) is 0 Å². The fraction of sp³-hybridized carbons (Fsp3) is 0.333. The minimum absolute atomic E-state index is 0.0675. The molecule has 1 unspecified atom stereocenters. The Hall–Kier alpha value is -3.08. The summed E-state index contributed by atoms with van der Waals surface area (Å²) in [6.45, 7) is 3.03. The Morgan fingerprint density at radius 1 is 1.03 bits per heavy atom. The molecule has 8 nitrogen and oxygen atoms in total. The fourth-order valence-electron chi connectivity index (χ4n) is 4.10. The standard InChI is InChI=1S/C24H28FN3O5S/c1-31-20-8-6-19(7-9-20)27-11-13-28(14-12-27)21(22-4-3-15-33-22)17-26-34(29,30)24-16-18(25)5-10-23(24)32-2/h3-10,15-16,21,26H,11-14,17H2,1-2H3. The maximum absolute atomic E-state index is 13.8. The van der Waals surface area contributed by atoms with Gasteiger partial charge in [0.2, 0.25) is 10.0 Å². The third kappa shape index (κ3) is 5.35. The Morgan fingerprint density at radius 3 is 2.38 bits per heavy atom. The molecule has 0 bridgehead atoms. The van der Waals surface area contributed by atoms with Crippen LogP contribution in [0.25, 0.3) is 0 Å². The van der Waals surface area contributed by atoms with Gasteiger partial charge in [-0.15, -0.1) is 0 Å². The van der Waals surface area contributed by atoms with Crippen LogP contribution in [0.5, 0.6) is 11.5 Å². The highest BCUT2D eigenvalue weighted by atomic mass is 32.2. The summed E-state index contributed by atoms with van der Waals surface area (Å²) in [7, 11) is -1.03. The third-order valence-electron chi connectivity index (χ3n) is 5.95. The van der Waals surface area contributed by atoms with Crippen LogP contribution in [-0.2, 0) is 10.0 Å². The van der Waals surface area contributed by atoms with E-state index >= 15 is 0 Å². The molecule has 0 radical (unpaired) electrons. The van der Waals surface area contributed by atoms with Crippen molar-refractivity contribution < 1.29 is 26.7 Å². The number of nitrogens with zero attached hydrogens (tertiary/aromatic N) is 2. The van der Waals surface area contributed by atoms with Gasteiger partial charge in [0.25, 0.3) is 0 Å². The maximum atomic E-state index is 13.8. The third-order valence-corrected chi connectivity index (χ3v) is 7.39. The first kappa shape index (κ1) is 24.1. The number of methoxy groups -OCH3 is 2. The predicted octanol–water partition coefficient (Wildman–Crippen LogP) is 3.28. The second-order valence-corrected chi connectivity index (χ2v) is 9.63. The number of nitrogens with one attached hydrogen (secondary N) is 1. The zero-order chi connectivity index (χ0) is 24.1. The van der Waals surface area contributed by atoms with Crippen molar-refractivity contribution in [3.05, 3.63) is 72.4 Å². The van der Waals surface area contributed by atoms with Gasteiger partial charge in [0, 0.05) is 38.4 Å². The zero-order valence-corrected chi connectivity index (χ0v) is 19.9. The van der Waals surface area contributed by atoms with E-state index in [1.165, 1.54) is 13.2 Å². The van der Waals surface area contributed by atoms with Gasteiger partial charge in [0.15, 0.2) is 0 Å². The molecule has 1 aliphatic rings. The van der Waals surface area contributed by atoms with E-state index in [4.69, 9.17) is 13.9 Å². The normalized spacial score (nSPS) is 15.8. The first-order valence-electron chi connectivity index (χ1n) is 10.9. The summed E-state index contributed by atoms with van der Waals surface area (Å²) < 4.78 is 58.3. The highest BCUT2D eigenvalue weighted by Gasteiger charge is 2.29. The Kier molecular flexibility index (Phi) is 7.40. The smallest absolute Gasteiger partial charge is 0.244 e. The molecule has 0 amide bonds. The lowest BCUT2D eigenvalue weighted by Crippen LogP contribution is -2.49. The highest BCUT2D eigenvalue weighted by molar-refractivity contribution is 7.89. The van der Waals surface area contributed by atoms with Crippen LogP contribution in [0.1, 0.15) is 11.8 Å². The molecule has 4 rings (SSSR count). The lowest BCUT2D eigenvalue weighted by molar-refractivity contribution is 0.166. The van der Waals surface area contributed by atoms with Gasteiger partial charge in [-0.2, -0.15) is 0 Å². The minimum Gasteiger partial charge on any atom is -0.497 e. The molecule has 1 N–H and O–H groups in total. The van der Waals surface area contributed by atoms with Crippen molar-refractivity contribution in [2.45, 2.75) is 10.9 Å². The first-order valence-corrected chi connectivity index (χ1v) is 12.4. The number of halogens is 1. The number of rotatable bonds is 9. The van der Waals surface area contributed by atoms with E-state index in [1.807, 2.05) is 30.3 Å². The number of benzene rings is 2. The molecule has 3 aromatic rings. The second kappa shape index (κ2) is 10.5. The number of anilines is 1. The van der Waals surface area contributed by atoms with Gasteiger partial charge in [-0.3, -0.25) is 4.90 Å². The number of hydrogen-bond acceptors (Lipinski definition) is 7.